The van der Waals surface area contributed by atoms with Crippen molar-refractivity contribution in [1.82, 2.24) is 0 Å². The van der Waals surface area contributed by atoms with Crippen molar-refractivity contribution < 1.29 is 9.18 Å². The summed E-state index contributed by atoms with van der Waals surface area (Å²) in [6.07, 6.45) is 0.743. The molecule has 0 aliphatic carbocycles. The minimum Gasteiger partial charge on any atom is -0.369 e. The molecule has 3 rings (SSSR count). The fraction of sp³-hybridized carbons (Fsp3) is 0.267. The summed E-state index contributed by atoms with van der Waals surface area (Å²) in [7, 11) is 0. The molecule has 1 aliphatic rings. The molecule has 0 aromatic heterocycles. The highest BCUT2D eigenvalue weighted by atomic mass is 35.5. The fourth-order valence-corrected chi connectivity index (χ4v) is 3.06. The molecule has 1 aliphatic heterocycles. The number of halogens is 2. The molecule has 2 aromatic rings. The van der Waals surface area contributed by atoms with E-state index in [2.05, 4.69) is 4.90 Å². The number of benzene rings is 2. The van der Waals surface area contributed by atoms with E-state index in [1.165, 1.54) is 12.1 Å². The van der Waals surface area contributed by atoms with E-state index in [0.717, 1.165) is 29.4 Å². The fourth-order valence-electron chi connectivity index (χ4n) is 2.71. The third-order valence-corrected chi connectivity index (χ3v) is 4.22. The van der Waals surface area contributed by atoms with Crippen LogP contribution < -0.4 is 10.6 Å². The molecule has 0 spiro atoms. The van der Waals surface area contributed by atoms with Gasteiger partial charge in [-0.25, -0.2) is 4.39 Å². The lowest BCUT2D eigenvalue weighted by Gasteiger charge is -2.20. The van der Waals surface area contributed by atoms with Crippen molar-refractivity contribution in [3.05, 3.63) is 41.2 Å². The Bertz CT molecular complexity index is 689. The van der Waals surface area contributed by atoms with E-state index in [1.807, 2.05) is 12.1 Å². The molecule has 3 nitrogen and oxygen atoms in total. The Morgan fingerprint density at radius 3 is 2.85 bits per heavy atom. The number of fused-ring (bicyclic) bond motifs is 1. The Morgan fingerprint density at radius 2 is 2.15 bits per heavy atom. The molecule has 2 N–H and O–H groups in total. The van der Waals surface area contributed by atoms with Gasteiger partial charge in [0.25, 0.3) is 0 Å². The molecule has 20 heavy (non-hydrogen) atoms. The number of carbonyl (C=O) groups is 1. The van der Waals surface area contributed by atoms with Crippen molar-refractivity contribution in [1.29, 1.82) is 0 Å². The van der Waals surface area contributed by atoms with Gasteiger partial charge < -0.3 is 10.6 Å². The van der Waals surface area contributed by atoms with Crippen LogP contribution in [-0.2, 0) is 4.79 Å². The maximum Gasteiger partial charge on any atom is 0.222 e. The van der Waals surface area contributed by atoms with Crippen LogP contribution in [0.25, 0.3) is 10.8 Å². The number of amides is 1. The molecular weight excluding hydrogens is 279 g/mol. The number of nitrogens with zero attached hydrogens (tertiary/aromatic N) is 1. The summed E-state index contributed by atoms with van der Waals surface area (Å²) in [5, 5.41) is 2.17. The Morgan fingerprint density at radius 1 is 1.35 bits per heavy atom. The maximum atomic E-state index is 13.2. The topological polar surface area (TPSA) is 46.3 Å². The van der Waals surface area contributed by atoms with Crippen molar-refractivity contribution in [3.63, 3.8) is 0 Å². The number of anilines is 1. The predicted octanol–water partition coefficient (Wildman–Crippen LogP) is 2.94. The first-order valence-corrected chi connectivity index (χ1v) is 6.86. The van der Waals surface area contributed by atoms with Crippen LogP contribution in [0.5, 0.6) is 0 Å². The van der Waals surface area contributed by atoms with Gasteiger partial charge in [0.15, 0.2) is 0 Å². The Balaban J connectivity index is 1.99. The standard InChI is InChI=1S/C15H14ClFN2O/c16-14-12-3-2-11(17)7-9(12)1-4-13(14)19-6-5-10(8-19)15(18)20/h1-4,7,10H,5-6,8H2,(H2,18,20). The number of hydrogen-bond donors (Lipinski definition) is 1. The van der Waals surface area contributed by atoms with Gasteiger partial charge in [-0.15, -0.1) is 0 Å². The summed E-state index contributed by atoms with van der Waals surface area (Å²) in [4.78, 5) is 13.3. The van der Waals surface area contributed by atoms with Gasteiger partial charge in [0.1, 0.15) is 5.82 Å². The molecule has 1 heterocycles. The molecule has 1 saturated heterocycles. The molecule has 1 amide bonds. The molecule has 1 fully saturated rings. The molecule has 0 bridgehead atoms. The summed E-state index contributed by atoms with van der Waals surface area (Å²) < 4.78 is 13.2. The summed E-state index contributed by atoms with van der Waals surface area (Å²) >= 11 is 6.42. The highest BCUT2D eigenvalue weighted by molar-refractivity contribution is 6.38. The Kier molecular flexibility index (Phi) is 3.26. The van der Waals surface area contributed by atoms with E-state index in [4.69, 9.17) is 17.3 Å². The van der Waals surface area contributed by atoms with Crippen LogP contribution in [-0.4, -0.2) is 19.0 Å². The SMILES string of the molecule is NC(=O)C1CCN(c2ccc3cc(F)ccc3c2Cl)C1. The third-order valence-electron chi connectivity index (χ3n) is 3.83. The second kappa shape index (κ2) is 4.94. The highest BCUT2D eigenvalue weighted by Crippen LogP contribution is 2.36. The third kappa shape index (κ3) is 2.20. The first kappa shape index (κ1) is 13.2. The summed E-state index contributed by atoms with van der Waals surface area (Å²) in [5.41, 5.74) is 6.21. The van der Waals surface area contributed by atoms with Crippen LogP contribution in [0.1, 0.15) is 6.42 Å². The largest absolute Gasteiger partial charge is 0.369 e. The number of rotatable bonds is 2. The van der Waals surface area contributed by atoms with Crippen LogP contribution in [0.3, 0.4) is 0 Å². The lowest BCUT2D eigenvalue weighted by molar-refractivity contribution is -0.121. The van der Waals surface area contributed by atoms with Crippen molar-refractivity contribution in [2.24, 2.45) is 11.7 Å². The van der Waals surface area contributed by atoms with Gasteiger partial charge >= 0.3 is 0 Å². The molecule has 5 heteroatoms. The zero-order valence-electron chi connectivity index (χ0n) is 10.8. The van der Waals surface area contributed by atoms with Crippen LogP contribution in [0.2, 0.25) is 5.02 Å². The monoisotopic (exact) mass is 292 g/mol. The van der Waals surface area contributed by atoms with Crippen molar-refractivity contribution in [2.45, 2.75) is 6.42 Å². The van der Waals surface area contributed by atoms with E-state index in [0.29, 0.717) is 11.6 Å². The quantitative estimate of drug-likeness (QED) is 0.925. The summed E-state index contributed by atoms with van der Waals surface area (Å²) in [6, 6.07) is 8.25. The molecule has 2 aromatic carbocycles. The van der Waals surface area contributed by atoms with Crippen LogP contribution in [0.4, 0.5) is 10.1 Å². The molecule has 0 radical (unpaired) electrons. The van der Waals surface area contributed by atoms with Gasteiger partial charge in [-0.05, 0) is 36.1 Å². The second-order valence-corrected chi connectivity index (χ2v) is 5.48. The Labute approximate surface area is 121 Å². The number of carbonyl (C=O) groups excluding carboxylic acids is 1. The molecular formula is C15H14ClFN2O. The second-order valence-electron chi connectivity index (χ2n) is 5.10. The molecule has 1 unspecified atom stereocenters. The summed E-state index contributed by atoms with van der Waals surface area (Å²) in [6.45, 7) is 1.34. The van der Waals surface area contributed by atoms with Gasteiger partial charge in [0, 0.05) is 18.5 Å². The normalized spacial score (nSPS) is 18.7. The lowest BCUT2D eigenvalue weighted by Crippen LogP contribution is -2.27. The average molecular weight is 293 g/mol. The first-order chi connectivity index (χ1) is 9.56. The molecule has 104 valence electrons. The smallest absolute Gasteiger partial charge is 0.222 e. The first-order valence-electron chi connectivity index (χ1n) is 6.48. The average Bonchev–Trinajstić information content (AvgIpc) is 2.88. The van der Waals surface area contributed by atoms with E-state index in [1.54, 1.807) is 6.07 Å². The van der Waals surface area contributed by atoms with Crippen molar-refractivity contribution in [2.75, 3.05) is 18.0 Å². The zero-order chi connectivity index (χ0) is 14.3. The molecule has 1 atom stereocenters. The van der Waals surface area contributed by atoms with Gasteiger partial charge in [0.05, 0.1) is 16.6 Å². The minimum atomic E-state index is -0.281. The van der Waals surface area contributed by atoms with Crippen LogP contribution >= 0.6 is 11.6 Å². The van der Waals surface area contributed by atoms with E-state index in [-0.39, 0.29) is 17.6 Å². The summed E-state index contributed by atoms with van der Waals surface area (Å²) in [5.74, 6) is -0.683. The van der Waals surface area contributed by atoms with Gasteiger partial charge in [0.2, 0.25) is 5.91 Å². The van der Waals surface area contributed by atoms with Crippen molar-refractivity contribution >= 4 is 34.0 Å². The minimum absolute atomic E-state index is 0.130. The zero-order valence-corrected chi connectivity index (χ0v) is 11.5. The van der Waals surface area contributed by atoms with Gasteiger partial charge in [-0.1, -0.05) is 17.7 Å². The lowest BCUT2D eigenvalue weighted by atomic mass is 10.1. The predicted molar refractivity (Wildman–Crippen MR) is 78.4 cm³/mol. The van der Waals surface area contributed by atoms with Gasteiger partial charge in [-0.3, -0.25) is 4.79 Å². The molecule has 0 saturated carbocycles. The highest BCUT2D eigenvalue weighted by Gasteiger charge is 2.28. The van der Waals surface area contributed by atoms with E-state index >= 15 is 0 Å². The Hall–Kier alpha value is -1.81. The maximum absolute atomic E-state index is 13.2. The van der Waals surface area contributed by atoms with Gasteiger partial charge in [-0.2, -0.15) is 0 Å². The number of nitrogens with two attached hydrogens (primary N) is 1. The number of primary amides is 1. The van der Waals surface area contributed by atoms with E-state index in [9.17, 15) is 9.18 Å². The van der Waals surface area contributed by atoms with Crippen LogP contribution in [0.15, 0.2) is 30.3 Å². The van der Waals surface area contributed by atoms with Crippen molar-refractivity contribution in [3.8, 4) is 0 Å². The number of hydrogen-bond acceptors (Lipinski definition) is 2. The van der Waals surface area contributed by atoms with E-state index < -0.39 is 0 Å². The van der Waals surface area contributed by atoms with Crippen LogP contribution in [0, 0.1) is 11.7 Å².